The lowest BCUT2D eigenvalue weighted by molar-refractivity contribution is -0.384. The van der Waals surface area contributed by atoms with Crippen LogP contribution in [0, 0.1) is 21.7 Å². The van der Waals surface area contributed by atoms with Crippen LogP contribution in [0.3, 0.4) is 0 Å². The van der Waals surface area contributed by atoms with E-state index >= 15 is 0 Å². The molecule has 3 aromatic carbocycles. The maximum atomic E-state index is 13.9. The first-order valence-electron chi connectivity index (χ1n) is 9.16. The van der Waals surface area contributed by atoms with Crippen LogP contribution in [0.5, 0.6) is 0 Å². The van der Waals surface area contributed by atoms with Gasteiger partial charge in [-0.1, -0.05) is 35.5 Å². The highest BCUT2D eigenvalue weighted by atomic mass is 19.1. The molecule has 0 saturated carbocycles. The van der Waals surface area contributed by atoms with E-state index in [4.69, 9.17) is 4.52 Å². The summed E-state index contributed by atoms with van der Waals surface area (Å²) in [6, 6.07) is 14.4. The van der Waals surface area contributed by atoms with E-state index in [1.807, 2.05) is 42.5 Å². The van der Waals surface area contributed by atoms with Gasteiger partial charge in [-0.15, -0.1) is 0 Å². The number of nitrogens with one attached hydrogen (secondary N) is 1. The summed E-state index contributed by atoms with van der Waals surface area (Å²) in [5, 5.41) is 19.0. The molecule has 0 aliphatic rings. The minimum atomic E-state index is -1.24. The van der Waals surface area contributed by atoms with Crippen LogP contribution in [0.2, 0.25) is 0 Å². The number of benzene rings is 3. The molecule has 156 valence electrons. The zero-order valence-electron chi connectivity index (χ0n) is 15.8. The van der Waals surface area contributed by atoms with Gasteiger partial charge >= 0.3 is 0 Å². The fourth-order valence-corrected chi connectivity index (χ4v) is 3.05. The summed E-state index contributed by atoms with van der Waals surface area (Å²) in [6.07, 6.45) is -0.135. The van der Waals surface area contributed by atoms with Gasteiger partial charge in [0, 0.05) is 24.5 Å². The summed E-state index contributed by atoms with van der Waals surface area (Å²) < 4.78 is 32.4. The van der Waals surface area contributed by atoms with Gasteiger partial charge in [0.05, 0.1) is 11.0 Å². The van der Waals surface area contributed by atoms with Crippen molar-refractivity contribution in [3.63, 3.8) is 0 Å². The van der Waals surface area contributed by atoms with Gasteiger partial charge in [0.25, 0.3) is 11.6 Å². The standard InChI is InChI=1S/C21H14F2N4O4/c22-15-10-16(23)20(17(11-15)27(29)30)25-19(28)8-7-18-24-21(31-26-18)14-6-5-12-3-1-2-4-13(12)9-14/h1-6,9-11H,7-8H2,(H,25,28). The van der Waals surface area contributed by atoms with E-state index in [1.165, 1.54) is 0 Å². The van der Waals surface area contributed by atoms with E-state index in [0.29, 0.717) is 17.7 Å². The fraction of sp³-hybridized carbons (Fsp3) is 0.0952. The molecule has 31 heavy (non-hydrogen) atoms. The highest BCUT2D eigenvalue weighted by Crippen LogP contribution is 2.29. The number of nitro groups is 1. The number of hydrogen-bond donors (Lipinski definition) is 1. The van der Waals surface area contributed by atoms with E-state index in [2.05, 4.69) is 15.5 Å². The highest BCUT2D eigenvalue weighted by Gasteiger charge is 2.22. The number of anilines is 1. The van der Waals surface area contributed by atoms with Crippen molar-refractivity contribution >= 4 is 28.1 Å². The number of nitro benzene ring substituents is 1. The fourth-order valence-electron chi connectivity index (χ4n) is 3.05. The van der Waals surface area contributed by atoms with Gasteiger partial charge in [-0.05, 0) is 22.9 Å². The first-order chi connectivity index (χ1) is 14.9. The molecule has 1 heterocycles. The second kappa shape index (κ2) is 8.27. The Kier molecular flexibility index (Phi) is 5.35. The quantitative estimate of drug-likeness (QED) is 0.356. The molecule has 0 radical (unpaired) electrons. The topological polar surface area (TPSA) is 111 Å². The van der Waals surface area contributed by atoms with Gasteiger partial charge in [-0.25, -0.2) is 8.78 Å². The van der Waals surface area contributed by atoms with E-state index in [-0.39, 0.29) is 24.6 Å². The highest BCUT2D eigenvalue weighted by molar-refractivity contribution is 5.93. The van der Waals surface area contributed by atoms with Gasteiger partial charge in [-0.2, -0.15) is 4.98 Å². The van der Waals surface area contributed by atoms with Crippen LogP contribution >= 0.6 is 0 Å². The van der Waals surface area contributed by atoms with Gasteiger partial charge in [-0.3, -0.25) is 14.9 Å². The zero-order valence-corrected chi connectivity index (χ0v) is 15.8. The monoisotopic (exact) mass is 424 g/mol. The molecule has 0 spiro atoms. The second-order valence-electron chi connectivity index (χ2n) is 6.66. The zero-order chi connectivity index (χ0) is 22.0. The Bertz CT molecular complexity index is 1310. The van der Waals surface area contributed by atoms with Gasteiger partial charge in [0.1, 0.15) is 5.82 Å². The first-order valence-corrected chi connectivity index (χ1v) is 9.16. The number of amides is 1. The van der Waals surface area contributed by atoms with Crippen molar-refractivity contribution in [2.24, 2.45) is 0 Å². The number of carbonyl (C=O) groups excluding carboxylic acids is 1. The first kappa shape index (κ1) is 20.1. The Morgan fingerprint density at radius 2 is 1.87 bits per heavy atom. The Balaban J connectivity index is 1.44. The number of fused-ring (bicyclic) bond motifs is 1. The van der Waals surface area contributed by atoms with Gasteiger partial charge in [0.2, 0.25) is 5.91 Å². The number of nitrogens with zero attached hydrogens (tertiary/aromatic N) is 3. The molecule has 0 aliphatic heterocycles. The van der Waals surface area contributed by atoms with E-state index in [0.717, 1.165) is 10.8 Å². The lowest BCUT2D eigenvalue weighted by Crippen LogP contribution is -2.15. The van der Waals surface area contributed by atoms with Crippen molar-refractivity contribution in [1.82, 2.24) is 10.1 Å². The summed E-state index contributed by atoms with van der Waals surface area (Å²) in [5.74, 6) is -2.55. The third-order valence-corrected chi connectivity index (χ3v) is 4.54. The summed E-state index contributed by atoms with van der Waals surface area (Å²) >= 11 is 0. The Morgan fingerprint density at radius 1 is 1.10 bits per heavy atom. The number of carbonyl (C=O) groups is 1. The molecule has 1 aromatic heterocycles. The molecule has 0 aliphatic carbocycles. The van der Waals surface area contributed by atoms with Crippen molar-refractivity contribution in [3.05, 3.63) is 82.2 Å². The SMILES string of the molecule is O=C(CCc1noc(-c2ccc3ccccc3c2)n1)Nc1c(F)cc(F)cc1[N+](=O)[O-]. The lowest BCUT2D eigenvalue weighted by atomic mass is 10.1. The number of aromatic nitrogens is 2. The molecule has 4 rings (SSSR count). The third kappa shape index (κ3) is 4.37. The van der Waals surface area contributed by atoms with Gasteiger partial charge in [0.15, 0.2) is 17.3 Å². The van der Waals surface area contributed by atoms with Crippen LogP contribution < -0.4 is 5.32 Å². The van der Waals surface area contributed by atoms with E-state index in [1.54, 1.807) is 0 Å². The molecule has 1 amide bonds. The molecule has 0 atom stereocenters. The van der Waals surface area contributed by atoms with E-state index < -0.39 is 33.8 Å². The van der Waals surface area contributed by atoms with Crippen LogP contribution in [-0.2, 0) is 11.2 Å². The Morgan fingerprint density at radius 3 is 2.65 bits per heavy atom. The average Bonchev–Trinajstić information content (AvgIpc) is 3.22. The third-order valence-electron chi connectivity index (χ3n) is 4.54. The van der Waals surface area contributed by atoms with Gasteiger partial charge < -0.3 is 9.84 Å². The molecular formula is C21H14F2N4O4. The number of rotatable bonds is 6. The van der Waals surface area contributed by atoms with Crippen LogP contribution in [-0.4, -0.2) is 21.0 Å². The molecule has 10 heteroatoms. The van der Waals surface area contributed by atoms with Crippen LogP contribution in [0.1, 0.15) is 12.2 Å². The van der Waals surface area contributed by atoms with Crippen LogP contribution in [0.4, 0.5) is 20.2 Å². The maximum Gasteiger partial charge on any atom is 0.298 e. The van der Waals surface area contributed by atoms with E-state index in [9.17, 15) is 23.7 Å². The molecule has 0 bridgehead atoms. The van der Waals surface area contributed by atoms with Crippen molar-refractivity contribution in [2.75, 3.05) is 5.32 Å². The minimum Gasteiger partial charge on any atom is -0.334 e. The molecule has 0 unspecified atom stereocenters. The lowest BCUT2D eigenvalue weighted by Gasteiger charge is -2.06. The minimum absolute atomic E-state index is 0.0551. The van der Waals surface area contributed by atoms with Crippen molar-refractivity contribution < 1.29 is 23.0 Å². The summed E-state index contributed by atoms with van der Waals surface area (Å²) in [6.45, 7) is 0. The number of hydrogen-bond acceptors (Lipinski definition) is 6. The van der Waals surface area contributed by atoms with Crippen molar-refractivity contribution in [3.8, 4) is 11.5 Å². The predicted octanol–water partition coefficient (Wildman–Crippen LogP) is 4.65. The van der Waals surface area contributed by atoms with Crippen molar-refractivity contribution in [1.29, 1.82) is 0 Å². The molecule has 8 nitrogen and oxygen atoms in total. The smallest absolute Gasteiger partial charge is 0.298 e. The molecule has 0 fully saturated rings. The number of aryl methyl sites for hydroxylation is 1. The van der Waals surface area contributed by atoms with Crippen molar-refractivity contribution in [2.45, 2.75) is 12.8 Å². The predicted molar refractivity (Wildman–Crippen MR) is 107 cm³/mol. The van der Waals surface area contributed by atoms with Crippen LogP contribution in [0.25, 0.3) is 22.2 Å². The molecular weight excluding hydrogens is 410 g/mol. The maximum absolute atomic E-state index is 13.9. The molecule has 1 N–H and O–H groups in total. The summed E-state index contributed by atoms with van der Waals surface area (Å²) in [4.78, 5) is 26.4. The number of halogens is 2. The Labute approximate surface area is 173 Å². The average molecular weight is 424 g/mol. The Hall–Kier alpha value is -4.21. The summed E-state index contributed by atoms with van der Waals surface area (Å²) in [5.41, 5.74) is -0.851. The largest absolute Gasteiger partial charge is 0.334 e. The molecule has 4 aromatic rings. The molecule has 0 saturated heterocycles. The normalized spacial score (nSPS) is 10.9. The second-order valence-corrected chi connectivity index (χ2v) is 6.66. The summed E-state index contributed by atoms with van der Waals surface area (Å²) in [7, 11) is 0. The van der Waals surface area contributed by atoms with Crippen LogP contribution in [0.15, 0.2) is 59.1 Å².